The Kier molecular flexibility index (Phi) is 5.89. The lowest BCUT2D eigenvalue weighted by molar-refractivity contribution is 0.0950. The van der Waals surface area contributed by atoms with Crippen molar-refractivity contribution < 1.29 is 9.18 Å². The number of nitriles is 1. The van der Waals surface area contributed by atoms with Gasteiger partial charge in [0.15, 0.2) is 0 Å². The number of hydrogen-bond acceptors (Lipinski definition) is 4. The van der Waals surface area contributed by atoms with Crippen molar-refractivity contribution in [2.24, 2.45) is 0 Å². The van der Waals surface area contributed by atoms with E-state index in [1.54, 1.807) is 48.8 Å². The third-order valence-corrected chi connectivity index (χ3v) is 6.10. The number of fused-ring (bicyclic) bond motifs is 2. The summed E-state index contributed by atoms with van der Waals surface area (Å²) >= 11 is 6.07. The van der Waals surface area contributed by atoms with E-state index in [-0.39, 0.29) is 18.3 Å². The Bertz CT molecular complexity index is 1650. The summed E-state index contributed by atoms with van der Waals surface area (Å²) in [7, 11) is 0. The van der Waals surface area contributed by atoms with E-state index in [2.05, 4.69) is 26.3 Å². The first-order valence-electron chi connectivity index (χ1n) is 10.9. The second-order valence-electron chi connectivity index (χ2n) is 8.31. The molecule has 5 aromatic rings. The molecule has 0 saturated carbocycles. The Hall–Kier alpha value is -4.28. The van der Waals surface area contributed by atoms with Crippen LogP contribution in [0.2, 0.25) is 5.02 Å². The molecule has 172 valence electrons. The van der Waals surface area contributed by atoms with Crippen LogP contribution in [-0.4, -0.2) is 20.9 Å². The highest BCUT2D eigenvalue weighted by Crippen LogP contribution is 2.25. The Morgan fingerprint density at radius 3 is 2.89 bits per heavy atom. The van der Waals surface area contributed by atoms with Crippen molar-refractivity contribution in [3.05, 3.63) is 105 Å². The van der Waals surface area contributed by atoms with Crippen LogP contribution >= 0.6 is 11.6 Å². The van der Waals surface area contributed by atoms with Gasteiger partial charge >= 0.3 is 0 Å². The molecule has 5 rings (SSSR count). The third kappa shape index (κ3) is 4.44. The van der Waals surface area contributed by atoms with E-state index in [0.717, 1.165) is 22.0 Å². The number of aromatic amines is 1. The van der Waals surface area contributed by atoms with Crippen LogP contribution < -0.4 is 5.32 Å². The largest absolute Gasteiger partial charge is 0.361 e. The average molecular weight is 484 g/mol. The molecule has 0 bridgehead atoms. The van der Waals surface area contributed by atoms with E-state index in [9.17, 15) is 14.4 Å². The number of aryl methyl sites for hydroxylation is 1. The number of rotatable bonds is 5. The van der Waals surface area contributed by atoms with Gasteiger partial charge < -0.3 is 10.3 Å². The van der Waals surface area contributed by atoms with Gasteiger partial charge in [0.2, 0.25) is 0 Å². The zero-order valence-corrected chi connectivity index (χ0v) is 19.4. The number of benzene rings is 2. The second-order valence-corrected chi connectivity index (χ2v) is 8.75. The molecule has 0 saturated heterocycles. The van der Waals surface area contributed by atoms with Crippen LogP contribution in [0.3, 0.4) is 0 Å². The third-order valence-electron chi connectivity index (χ3n) is 5.89. The maximum absolute atomic E-state index is 14.9. The van der Waals surface area contributed by atoms with Crippen LogP contribution in [0.1, 0.15) is 38.3 Å². The fraction of sp³-hybridized carbons (Fsp3) is 0.111. The first kappa shape index (κ1) is 22.5. The van der Waals surface area contributed by atoms with Crippen molar-refractivity contribution in [3.63, 3.8) is 0 Å². The number of halogens is 2. The molecule has 0 atom stereocenters. The summed E-state index contributed by atoms with van der Waals surface area (Å²) in [6.45, 7) is 1.90. The summed E-state index contributed by atoms with van der Waals surface area (Å²) < 4.78 is 14.9. The predicted molar refractivity (Wildman–Crippen MR) is 133 cm³/mol. The number of amides is 1. The second kappa shape index (κ2) is 9.16. The van der Waals surface area contributed by atoms with Crippen LogP contribution in [0.4, 0.5) is 4.39 Å². The molecule has 3 heterocycles. The van der Waals surface area contributed by atoms with Gasteiger partial charge in [-0.2, -0.15) is 5.26 Å². The number of hydrogen-bond donors (Lipinski definition) is 2. The number of nitrogens with one attached hydrogen (secondary N) is 2. The maximum Gasteiger partial charge on any atom is 0.251 e. The maximum atomic E-state index is 14.9. The number of pyridine rings is 2. The minimum Gasteiger partial charge on any atom is -0.361 e. The lowest BCUT2D eigenvalue weighted by Crippen LogP contribution is -2.23. The van der Waals surface area contributed by atoms with E-state index >= 15 is 0 Å². The summed E-state index contributed by atoms with van der Waals surface area (Å²) in [5, 5.41) is 14.1. The molecule has 0 aliphatic carbocycles. The highest BCUT2D eigenvalue weighted by Gasteiger charge is 2.14. The molecule has 8 heteroatoms. The van der Waals surface area contributed by atoms with E-state index in [0.29, 0.717) is 44.7 Å². The molecule has 0 aliphatic rings. The Morgan fingerprint density at radius 2 is 2.06 bits per heavy atom. The number of nitrogens with zero attached hydrogens (tertiary/aromatic N) is 3. The fourth-order valence-electron chi connectivity index (χ4n) is 4.19. The van der Waals surface area contributed by atoms with E-state index < -0.39 is 0 Å². The molecule has 0 spiro atoms. The number of carbonyl (C=O) groups is 1. The van der Waals surface area contributed by atoms with Gasteiger partial charge in [0.25, 0.3) is 5.91 Å². The van der Waals surface area contributed by atoms with E-state index in [4.69, 9.17) is 11.6 Å². The van der Waals surface area contributed by atoms with Gasteiger partial charge in [0.1, 0.15) is 11.9 Å². The Morgan fingerprint density at radius 1 is 1.20 bits per heavy atom. The summed E-state index contributed by atoms with van der Waals surface area (Å²) in [6.07, 6.45) is 5.24. The van der Waals surface area contributed by atoms with Crippen LogP contribution in [0.25, 0.3) is 21.8 Å². The summed E-state index contributed by atoms with van der Waals surface area (Å²) in [5.41, 5.74) is 4.90. The van der Waals surface area contributed by atoms with Crippen molar-refractivity contribution >= 4 is 39.3 Å². The quantitative estimate of drug-likeness (QED) is 0.340. The zero-order chi connectivity index (χ0) is 24.5. The summed E-state index contributed by atoms with van der Waals surface area (Å²) in [5.74, 6) is -0.665. The van der Waals surface area contributed by atoms with Gasteiger partial charge in [0, 0.05) is 64.7 Å². The smallest absolute Gasteiger partial charge is 0.251 e. The molecule has 0 aliphatic heterocycles. The van der Waals surface area contributed by atoms with E-state index in [1.807, 2.05) is 13.0 Å². The summed E-state index contributed by atoms with van der Waals surface area (Å²) in [4.78, 5) is 24.5. The van der Waals surface area contributed by atoms with Crippen molar-refractivity contribution in [2.45, 2.75) is 19.9 Å². The van der Waals surface area contributed by atoms with Crippen molar-refractivity contribution in [2.75, 3.05) is 0 Å². The van der Waals surface area contributed by atoms with Gasteiger partial charge in [-0.25, -0.2) is 4.39 Å². The van der Waals surface area contributed by atoms with Crippen LogP contribution in [0.5, 0.6) is 0 Å². The summed E-state index contributed by atoms with van der Waals surface area (Å²) in [6, 6.07) is 14.4. The fourth-order valence-corrected chi connectivity index (χ4v) is 4.36. The molecule has 0 radical (unpaired) electrons. The molecule has 3 aromatic heterocycles. The highest BCUT2D eigenvalue weighted by atomic mass is 35.5. The number of H-pyrrole nitrogens is 1. The molecular formula is C27H19ClFN5O. The lowest BCUT2D eigenvalue weighted by atomic mass is 10.0. The molecular weight excluding hydrogens is 465 g/mol. The van der Waals surface area contributed by atoms with Gasteiger partial charge in [-0.3, -0.25) is 14.8 Å². The molecule has 0 fully saturated rings. The molecule has 6 nitrogen and oxygen atoms in total. The average Bonchev–Trinajstić information content (AvgIpc) is 3.24. The molecule has 2 N–H and O–H groups in total. The van der Waals surface area contributed by atoms with Gasteiger partial charge in [0.05, 0.1) is 16.1 Å². The van der Waals surface area contributed by atoms with Crippen molar-refractivity contribution in [1.82, 2.24) is 20.3 Å². The highest BCUT2D eigenvalue weighted by molar-refractivity contribution is 6.31. The number of carbonyl (C=O) groups excluding carboxylic acids is 1. The van der Waals surface area contributed by atoms with Crippen LogP contribution in [0.15, 0.2) is 61.1 Å². The molecule has 2 aromatic carbocycles. The SMILES string of the molecule is Cc1c[nH]c2ccc(CNC(=O)c3ccnc(Cc4cc(C#N)c5ncc(Cl)cc5c4)c3)c(F)c12. The van der Waals surface area contributed by atoms with Crippen molar-refractivity contribution in [1.29, 1.82) is 5.26 Å². The monoisotopic (exact) mass is 483 g/mol. The van der Waals surface area contributed by atoms with E-state index in [1.165, 1.54) is 6.20 Å². The molecule has 0 unspecified atom stereocenters. The zero-order valence-electron chi connectivity index (χ0n) is 18.7. The van der Waals surface area contributed by atoms with Gasteiger partial charge in [-0.05, 0) is 54.4 Å². The van der Waals surface area contributed by atoms with Crippen molar-refractivity contribution in [3.8, 4) is 6.07 Å². The number of aromatic nitrogens is 3. The molecule has 35 heavy (non-hydrogen) atoms. The van der Waals surface area contributed by atoms with Gasteiger partial charge in [-0.15, -0.1) is 0 Å². The van der Waals surface area contributed by atoms with Crippen LogP contribution in [-0.2, 0) is 13.0 Å². The minimum absolute atomic E-state index is 0.0623. The standard InChI is InChI=1S/C27H19ClFN5O/c1-15-12-32-23-3-2-18(25(29)24(15)23)13-34-27(35)17-4-5-31-22(10-17)8-16-6-19-9-21(28)14-33-26(19)20(7-16)11-30/h2-7,9-10,12,14,32H,8,13H2,1H3,(H,34,35). The molecule has 1 amide bonds. The van der Waals surface area contributed by atoms with Crippen LogP contribution in [0, 0.1) is 24.1 Å². The van der Waals surface area contributed by atoms with Gasteiger partial charge in [-0.1, -0.05) is 17.7 Å². The predicted octanol–water partition coefficient (Wildman–Crippen LogP) is 5.60. The lowest BCUT2D eigenvalue weighted by Gasteiger charge is -2.09. The first-order chi connectivity index (χ1) is 16.9. The topological polar surface area (TPSA) is 94.5 Å². The Balaban J connectivity index is 1.35. The first-order valence-corrected chi connectivity index (χ1v) is 11.3. The Labute approximate surface area is 205 Å². The normalized spacial score (nSPS) is 11.0. The minimum atomic E-state index is -0.337.